The van der Waals surface area contributed by atoms with Crippen molar-refractivity contribution in [2.45, 2.75) is 53.4 Å². The van der Waals surface area contributed by atoms with E-state index < -0.39 is 0 Å². The zero-order valence-electron chi connectivity index (χ0n) is 13.9. The Kier molecular flexibility index (Phi) is 11.9. The third kappa shape index (κ3) is 6.76. The summed E-state index contributed by atoms with van der Waals surface area (Å²) in [7, 11) is 1.98. The van der Waals surface area contributed by atoms with Crippen LogP contribution in [0.4, 0.5) is 0 Å². The highest BCUT2D eigenvalue weighted by Crippen LogP contribution is 2.17. The summed E-state index contributed by atoms with van der Waals surface area (Å²) in [6.07, 6.45) is 7.26. The number of para-hydroxylation sites is 1. The van der Waals surface area contributed by atoms with E-state index >= 15 is 0 Å². The van der Waals surface area contributed by atoms with Crippen molar-refractivity contribution in [3.8, 4) is 0 Å². The van der Waals surface area contributed by atoms with Gasteiger partial charge in [-0.2, -0.15) is 0 Å². The molecule has 0 unspecified atom stereocenters. The minimum absolute atomic E-state index is 1.03. The van der Waals surface area contributed by atoms with Crippen LogP contribution in [0.2, 0.25) is 0 Å². The molecule has 0 amide bonds. The molecule has 2 heteroatoms. The van der Waals surface area contributed by atoms with E-state index in [1.54, 1.807) is 0 Å². The second kappa shape index (κ2) is 12.7. The fraction of sp³-hybridized carbons (Fsp3) is 0.556. The van der Waals surface area contributed by atoms with Crippen LogP contribution in [0.25, 0.3) is 10.9 Å². The maximum Gasteiger partial charge on any atom is 0.0456 e. The highest BCUT2D eigenvalue weighted by Gasteiger charge is 2.00. The zero-order chi connectivity index (χ0) is 15.2. The predicted octanol–water partition coefficient (Wildman–Crippen LogP) is 5.15. The fourth-order valence-electron chi connectivity index (χ4n) is 1.95. The lowest BCUT2D eigenvalue weighted by Crippen LogP contribution is -2.09. The molecule has 2 aromatic rings. The van der Waals surface area contributed by atoms with Crippen LogP contribution in [0.3, 0.4) is 0 Å². The van der Waals surface area contributed by atoms with Crippen LogP contribution in [0.1, 0.15) is 52.5 Å². The van der Waals surface area contributed by atoms with Crippen molar-refractivity contribution in [3.63, 3.8) is 0 Å². The smallest absolute Gasteiger partial charge is 0.0456 e. The highest BCUT2D eigenvalue weighted by atomic mass is 14.8. The Balaban J connectivity index is 0.000000441. The van der Waals surface area contributed by atoms with Crippen molar-refractivity contribution in [3.05, 3.63) is 36.0 Å². The second-order valence-corrected chi connectivity index (χ2v) is 4.57. The third-order valence-corrected chi connectivity index (χ3v) is 3.03. The standard InChI is InChI=1S/C11H14N2.C5H12.C2H6/c1-12-7-6-9-8-13-11-5-3-2-4-10(9)11;1-3-5-4-2;1-2/h2-5,8,12-13H,6-7H2,1H3;3-5H2,1-2H3;1-2H3. The summed E-state index contributed by atoms with van der Waals surface area (Å²) in [6, 6.07) is 8.41. The number of unbranched alkanes of at least 4 members (excludes halogenated alkanes) is 2. The van der Waals surface area contributed by atoms with E-state index in [9.17, 15) is 0 Å². The molecule has 1 heterocycles. The molecular formula is C18H32N2. The van der Waals surface area contributed by atoms with Gasteiger partial charge in [0, 0.05) is 17.1 Å². The summed E-state index contributed by atoms with van der Waals surface area (Å²) in [6.45, 7) is 9.45. The van der Waals surface area contributed by atoms with Crippen molar-refractivity contribution in [2.75, 3.05) is 13.6 Å². The lowest BCUT2D eigenvalue weighted by Gasteiger charge is -1.97. The van der Waals surface area contributed by atoms with Gasteiger partial charge in [0.2, 0.25) is 0 Å². The molecule has 0 saturated carbocycles. The predicted molar refractivity (Wildman–Crippen MR) is 92.5 cm³/mol. The third-order valence-electron chi connectivity index (χ3n) is 3.03. The van der Waals surface area contributed by atoms with Crippen molar-refractivity contribution in [1.82, 2.24) is 10.3 Å². The number of benzene rings is 1. The summed E-state index contributed by atoms with van der Waals surface area (Å²) in [5.41, 5.74) is 2.62. The Morgan fingerprint density at radius 1 is 1.05 bits per heavy atom. The number of fused-ring (bicyclic) bond motifs is 1. The van der Waals surface area contributed by atoms with E-state index in [0.29, 0.717) is 0 Å². The molecule has 0 spiro atoms. The average Bonchev–Trinajstić information content (AvgIpc) is 2.92. The maximum absolute atomic E-state index is 3.27. The van der Waals surface area contributed by atoms with Gasteiger partial charge in [-0.25, -0.2) is 0 Å². The highest BCUT2D eigenvalue weighted by molar-refractivity contribution is 5.83. The van der Waals surface area contributed by atoms with Gasteiger partial charge in [0.15, 0.2) is 0 Å². The second-order valence-electron chi connectivity index (χ2n) is 4.57. The van der Waals surface area contributed by atoms with Crippen LogP contribution < -0.4 is 5.32 Å². The molecule has 0 radical (unpaired) electrons. The minimum atomic E-state index is 1.03. The number of rotatable bonds is 5. The number of aromatic amines is 1. The van der Waals surface area contributed by atoms with Crippen LogP contribution in [0.15, 0.2) is 30.5 Å². The molecule has 2 nitrogen and oxygen atoms in total. The van der Waals surface area contributed by atoms with Crippen LogP contribution in [-0.2, 0) is 6.42 Å². The molecule has 0 atom stereocenters. The number of hydrogen-bond donors (Lipinski definition) is 2. The normalized spacial score (nSPS) is 9.45. The van der Waals surface area contributed by atoms with Gasteiger partial charge in [0.1, 0.15) is 0 Å². The summed E-state index contributed by atoms with van der Waals surface area (Å²) in [5.74, 6) is 0. The topological polar surface area (TPSA) is 27.8 Å². The Labute approximate surface area is 125 Å². The number of likely N-dealkylation sites (N-methyl/N-ethyl adjacent to an activating group) is 1. The van der Waals surface area contributed by atoms with E-state index in [2.05, 4.69) is 54.6 Å². The minimum Gasteiger partial charge on any atom is -0.361 e. The van der Waals surface area contributed by atoms with Gasteiger partial charge in [0.05, 0.1) is 0 Å². The SMILES string of the molecule is CC.CCCCC.CNCCc1c[nH]c2ccccc12. The van der Waals surface area contributed by atoms with Gasteiger partial charge >= 0.3 is 0 Å². The van der Waals surface area contributed by atoms with E-state index in [1.165, 1.54) is 35.7 Å². The molecule has 20 heavy (non-hydrogen) atoms. The number of H-pyrrole nitrogens is 1. The van der Waals surface area contributed by atoms with Crippen molar-refractivity contribution >= 4 is 10.9 Å². The first-order valence-electron chi connectivity index (χ1n) is 8.03. The summed E-state index contributed by atoms with van der Waals surface area (Å²) in [5, 5.41) is 4.50. The van der Waals surface area contributed by atoms with Crippen LogP contribution in [-0.4, -0.2) is 18.6 Å². The maximum atomic E-state index is 3.27. The Morgan fingerprint density at radius 2 is 1.70 bits per heavy atom. The molecular weight excluding hydrogens is 244 g/mol. The van der Waals surface area contributed by atoms with Gasteiger partial charge in [-0.1, -0.05) is 65.2 Å². The monoisotopic (exact) mass is 276 g/mol. The van der Waals surface area contributed by atoms with E-state index in [4.69, 9.17) is 0 Å². The molecule has 0 aliphatic heterocycles. The zero-order valence-corrected chi connectivity index (χ0v) is 13.9. The largest absolute Gasteiger partial charge is 0.361 e. The van der Waals surface area contributed by atoms with Crippen LogP contribution in [0.5, 0.6) is 0 Å². The molecule has 2 rings (SSSR count). The molecule has 114 valence electrons. The van der Waals surface area contributed by atoms with Crippen molar-refractivity contribution in [2.24, 2.45) is 0 Å². The molecule has 0 aliphatic carbocycles. The molecule has 0 bridgehead atoms. The van der Waals surface area contributed by atoms with Crippen LogP contribution in [0, 0.1) is 0 Å². The van der Waals surface area contributed by atoms with Crippen molar-refractivity contribution in [1.29, 1.82) is 0 Å². The van der Waals surface area contributed by atoms with Gasteiger partial charge in [-0.3, -0.25) is 0 Å². The number of hydrogen-bond acceptors (Lipinski definition) is 1. The Hall–Kier alpha value is -1.28. The summed E-state index contributed by atoms with van der Waals surface area (Å²) < 4.78 is 0. The number of aromatic nitrogens is 1. The Bertz CT molecular complexity index is 430. The first-order valence-corrected chi connectivity index (χ1v) is 8.03. The molecule has 2 N–H and O–H groups in total. The quantitative estimate of drug-likeness (QED) is 0.776. The summed E-state index contributed by atoms with van der Waals surface area (Å²) in [4.78, 5) is 3.27. The number of nitrogens with one attached hydrogen (secondary N) is 2. The fourth-order valence-corrected chi connectivity index (χ4v) is 1.95. The molecule has 0 saturated heterocycles. The van der Waals surface area contributed by atoms with Gasteiger partial charge in [0.25, 0.3) is 0 Å². The first kappa shape index (κ1) is 18.7. The Morgan fingerprint density at radius 3 is 2.25 bits per heavy atom. The van der Waals surface area contributed by atoms with E-state index in [0.717, 1.165) is 13.0 Å². The lowest BCUT2D eigenvalue weighted by molar-refractivity contribution is 0.772. The molecule has 1 aromatic heterocycles. The van der Waals surface area contributed by atoms with E-state index in [-0.39, 0.29) is 0 Å². The van der Waals surface area contributed by atoms with Gasteiger partial charge in [-0.15, -0.1) is 0 Å². The summed E-state index contributed by atoms with van der Waals surface area (Å²) >= 11 is 0. The average molecular weight is 276 g/mol. The van der Waals surface area contributed by atoms with Gasteiger partial charge < -0.3 is 10.3 Å². The van der Waals surface area contributed by atoms with E-state index in [1.807, 2.05) is 20.9 Å². The van der Waals surface area contributed by atoms with Crippen molar-refractivity contribution < 1.29 is 0 Å². The van der Waals surface area contributed by atoms with Crippen LogP contribution >= 0.6 is 0 Å². The van der Waals surface area contributed by atoms with Gasteiger partial charge in [-0.05, 0) is 31.6 Å². The molecule has 1 aromatic carbocycles. The first-order chi connectivity index (χ1) is 9.83. The molecule has 0 fully saturated rings. The molecule has 0 aliphatic rings. The lowest BCUT2D eigenvalue weighted by atomic mass is 10.1.